The Morgan fingerprint density at radius 2 is 1.89 bits per heavy atom. The molecule has 1 unspecified atom stereocenters. The summed E-state index contributed by atoms with van der Waals surface area (Å²) in [5, 5.41) is 2.61. The van der Waals surface area contributed by atoms with Gasteiger partial charge in [0.15, 0.2) is 6.61 Å². The average Bonchev–Trinajstić information content (AvgIpc) is 2.65. The molecule has 2 aromatic heterocycles. The van der Waals surface area contributed by atoms with Crippen molar-refractivity contribution in [3.8, 4) is 5.88 Å². The molecule has 0 aromatic carbocycles. The number of halogens is 3. The van der Waals surface area contributed by atoms with Gasteiger partial charge in [0, 0.05) is 24.0 Å². The lowest BCUT2D eigenvalue weighted by molar-refractivity contribution is -0.154. The van der Waals surface area contributed by atoms with E-state index in [1.165, 1.54) is 24.5 Å². The van der Waals surface area contributed by atoms with Crippen LogP contribution >= 0.6 is 0 Å². The minimum Gasteiger partial charge on any atom is -0.675 e. The topological polar surface area (TPSA) is 87.9 Å². The molecule has 2 N–H and O–H groups in total. The average molecular weight is 383 g/mol. The molecule has 0 bridgehead atoms. The summed E-state index contributed by atoms with van der Waals surface area (Å²) in [6.45, 7) is 2.56. The molecule has 0 aliphatic carbocycles. The second kappa shape index (κ2) is 11.1. The maximum atomic E-state index is 12.1. The highest BCUT2D eigenvalue weighted by atomic mass is 19.4. The minimum absolute atomic E-state index is 0.0738. The smallest absolute Gasteiger partial charge is 0.422 e. The zero-order chi connectivity index (χ0) is 20.3. The number of ether oxygens (including phenoxy) is 1. The summed E-state index contributed by atoms with van der Waals surface area (Å²) in [4.78, 5) is 19.5. The van der Waals surface area contributed by atoms with Gasteiger partial charge in [0.1, 0.15) is 0 Å². The fourth-order valence-electron chi connectivity index (χ4n) is 1.57. The zero-order valence-corrected chi connectivity index (χ0v) is 15.1. The van der Waals surface area contributed by atoms with Gasteiger partial charge in [-0.2, -0.15) is 13.2 Å². The van der Waals surface area contributed by atoms with Crippen LogP contribution in [-0.2, 0) is 6.54 Å². The largest absolute Gasteiger partial charge is 0.675 e. The van der Waals surface area contributed by atoms with Gasteiger partial charge in [-0.15, -0.1) is 6.04 Å². The molecule has 0 saturated carbocycles. The molecular formula is C18H22F3N4O2-. The van der Waals surface area contributed by atoms with Crippen LogP contribution in [0.5, 0.6) is 5.88 Å². The van der Waals surface area contributed by atoms with Gasteiger partial charge in [0.05, 0.1) is 12.2 Å². The van der Waals surface area contributed by atoms with Gasteiger partial charge < -0.3 is 15.8 Å². The van der Waals surface area contributed by atoms with E-state index in [0.29, 0.717) is 11.3 Å². The van der Waals surface area contributed by atoms with E-state index in [9.17, 15) is 18.0 Å². The summed E-state index contributed by atoms with van der Waals surface area (Å²) in [6.07, 6.45) is -0.481. The van der Waals surface area contributed by atoms with E-state index in [-0.39, 0.29) is 24.4 Å². The van der Waals surface area contributed by atoms with Gasteiger partial charge in [0.2, 0.25) is 5.88 Å². The van der Waals surface area contributed by atoms with Crippen molar-refractivity contribution >= 4 is 5.91 Å². The molecule has 27 heavy (non-hydrogen) atoms. The Labute approximate surface area is 156 Å². The maximum absolute atomic E-state index is 12.1. The fourth-order valence-corrected chi connectivity index (χ4v) is 1.57. The molecule has 0 aliphatic rings. The third-order valence-electron chi connectivity index (χ3n) is 3.15. The first kappa shape index (κ1) is 22.4. The highest BCUT2D eigenvalue weighted by molar-refractivity contribution is 5.93. The number of amides is 1. The van der Waals surface area contributed by atoms with Crippen LogP contribution in [-0.4, -0.2) is 34.7 Å². The second-order valence-corrected chi connectivity index (χ2v) is 5.60. The SMILES string of the molecule is CCC(C)[NH-].O=C(NCc1cccc(OCC(F)(F)F)n1)c1ccncc1. The first-order valence-electron chi connectivity index (χ1n) is 8.26. The highest BCUT2D eigenvalue weighted by Gasteiger charge is 2.28. The van der Waals surface area contributed by atoms with Gasteiger partial charge in [-0.3, -0.25) is 9.78 Å². The zero-order valence-electron chi connectivity index (χ0n) is 15.1. The Bertz CT molecular complexity index is 695. The summed E-state index contributed by atoms with van der Waals surface area (Å²) in [5.41, 5.74) is 7.65. The quantitative estimate of drug-likeness (QED) is 0.810. The van der Waals surface area contributed by atoms with Crippen LogP contribution in [0.3, 0.4) is 0 Å². The summed E-state index contributed by atoms with van der Waals surface area (Å²) in [5.74, 6) is -0.473. The van der Waals surface area contributed by atoms with Crippen LogP contribution < -0.4 is 10.1 Å². The summed E-state index contributed by atoms with van der Waals surface area (Å²) < 4.78 is 40.8. The molecule has 9 heteroatoms. The third-order valence-corrected chi connectivity index (χ3v) is 3.15. The monoisotopic (exact) mass is 383 g/mol. The number of carbonyl (C=O) groups excluding carboxylic acids is 1. The Morgan fingerprint density at radius 3 is 2.44 bits per heavy atom. The first-order chi connectivity index (χ1) is 12.7. The van der Waals surface area contributed by atoms with Gasteiger partial charge in [0.25, 0.3) is 5.91 Å². The standard InChI is InChI=1S/C14H12F3N3O2.C4H10N/c15-14(16,17)9-22-12-3-1-2-11(20-12)8-19-13(21)10-4-6-18-7-5-10;1-3-4(2)5/h1-7H,8-9H2,(H,19,21);4-5H,3H2,1-2H3/q;-1. The number of pyridine rings is 2. The van der Waals surface area contributed by atoms with Crippen molar-refractivity contribution in [2.75, 3.05) is 6.61 Å². The van der Waals surface area contributed by atoms with E-state index >= 15 is 0 Å². The fraction of sp³-hybridized carbons (Fsp3) is 0.389. The summed E-state index contributed by atoms with van der Waals surface area (Å²) in [7, 11) is 0. The molecule has 6 nitrogen and oxygen atoms in total. The molecule has 2 aromatic rings. The van der Waals surface area contributed by atoms with Crippen LogP contribution in [0.1, 0.15) is 36.3 Å². The number of hydrogen-bond donors (Lipinski definition) is 1. The van der Waals surface area contributed by atoms with Crippen LogP contribution in [0.15, 0.2) is 42.7 Å². The van der Waals surface area contributed by atoms with Crippen molar-refractivity contribution in [1.29, 1.82) is 0 Å². The van der Waals surface area contributed by atoms with Gasteiger partial charge in [-0.25, -0.2) is 4.98 Å². The lowest BCUT2D eigenvalue weighted by atomic mass is 10.2. The van der Waals surface area contributed by atoms with Crippen LogP contribution in [0.2, 0.25) is 0 Å². The van der Waals surface area contributed by atoms with Crippen LogP contribution in [0.25, 0.3) is 5.73 Å². The molecule has 0 radical (unpaired) electrons. The summed E-state index contributed by atoms with van der Waals surface area (Å²) >= 11 is 0. The van der Waals surface area contributed by atoms with Crippen molar-refractivity contribution in [3.05, 3.63) is 59.7 Å². The van der Waals surface area contributed by atoms with Gasteiger partial charge in [-0.1, -0.05) is 26.3 Å². The normalized spacial score (nSPS) is 11.8. The number of nitrogens with zero attached hydrogens (tertiary/aromatic N) is 2. The number of alkyl halides is 3. The minimum atomic E-state index is -4.42. The molecule has 148 valence electrons. The molecule has 2 heterocycles. The number of rotatable bonds is 6. The highest BCUT2D eigenvalue weighted by Crippen LogP contribution is 2.17. The van der Waals surface area contributed by atoms with Gasteiger partial charge in [-0.05, 0) is 18.2 Å². The molecule has 0 fully saturated rings. The lowest BCUT2D eigenvalue weighted by Gasteiger charge is -2.09. The van der Waals surface area contributed by atoms with Crippen molar-refractivity contribution in [2.45, 2.75) is 39.0 Å². The molecule has 2 rings (SSSR count). The van der Waals surface area contributed by atoms with Crippen molar-refractivity contribution in [2.24, 2.45) is 0 Å². The number of hydrogen-bond acceptors (Lipinski definition) is 4. The van der Waals surface area contributed by atoms with Crippen LogP contribution in [0, 0.1) is 0 Å². The molecule has 1 atom stereocenters. The third kappa shape index (κ3) is 10.1. The van der Waals surface area contributed by atoms with Crippen LogP contribution in [0.4, 0.5) is 13.2 Å². The number of nitrogens with one attached hydrogen (secondary N) is 2. The van der Waals surface area contributed by atoms with E-state index < -0.39 is 12.8 Å². The Hall–Kier alpha value is -2.68. The molecule has 0 spiro atoms. The van der Waals surface area contributed by atoms with Crippen molar-refractivity contribution in [1.82, 2.24) is 15.3 Å². The summed E-state index contributed by atoms with van der Waals surface area (Å²) in [6, 6.07) is 7.63. The van der Waals surface area contributed by atoms with Crippen molar-refractivity contribution < 1.29 is 22.7 Å². The number of carbonyl (C=O) groups is 1. The first-order valence-corrected chi connectivity index (χ1v) is 8.26. The lowest BCUT2D eigenvalue weighted by Crippen LogP contribution is -2.23. The predicted molar refractivity (Wildman–Crippen MR) is 95.3 cm³/mol. The number of aromatic nitrogens is 2. The molecule has 0 saturated heterocycles. The van der Waals surface area contributed by atoms with E-state index in [0.717, 1.165) is 6.42 Å². The van der Waals surface area contributed by atoms with Crippen molar-refractivity contribution in [3.63, 3.8) is 0 Å². The van der Waals surface area contributed by atoms with E-state index in [4.69, 9.17) is 5.73 Å². The molecule has 0 aliphatic heterocycles. The predicted octanol–water partition coefficient (Wildman–Crippen LogP) is 4.18. The second-order valence-electron chi connectivity index (χ2n) is 5.60. The maximum Gasteiger partial charge on any atom is 0.422 e. The molecular weight excluding hydrogens is 361 g/mol. The van der Waals surface area contributed by atoms with E-state index in [1.807, 2.05) is 13.8 Å². The Kier molecular flexibility index (Phi) is 9.21. The van der Waals surface area contributed by atoms with E-state index in [1.54, 1.807) is 18.2 Å². The Balaban J connectivity index is 0.000000646. The molecule has 1 amide bonds. The van der Waals surface area contributed by atoms with Gasteiger partial charge >= 0.3 is 6.18 Å². The van der Waals surface area contributed by atoms with E-state index in [2.05, 4.69) is 20.0 Å². The Morgan fingerprint density at radius 1 is 1.26 bits per heavy atom.